The lowest BCUT2D eigenvalue weighted by molar-refractivity contribution is 0.0730. The number of fused-ring (bicyclic) bond motifs is 1. The predicted molar refractivity (Wildman–Crippen MR) is 91.1 cm³/mol. The van der Waals surface area contributed by atoms with E-state index in [0.29, 0.717) is 31.8 Å². The van der Waals surface area contributed by atoms with Crippen LogP contribution in [0.1, 0.15) is 0 Å². The van der Waals surface area contributed by atoms with E-state index in [1.165, 1.54) is 4.31 Å². The molecule has 6 nitrogen and oxygen atoms in total. The van der Waals surface area contributed by atoms with Crippen molar-refractivity contribution in [3.05, 3.63) is 48.5 Å². The Morgan fingerprint density at radius 3 is 2.54 bits per heavy atom. The van der Waals surface area contributed by atoms with E-state index >= 15 is 0 Å². The van der Waals surface area contributed by atoms with Crippen molar-refractivity contribution in [1.29, 1.82) is 0 Å². The number of nitrogens with zero attached hydrogens (tertiary/aromatic N) is 2. The number of aromatic amines is 1. The second kappa shape index (κ2) is 6.01. The second-order valence-electron chi connectivity index (χ2n) is 5.65. The monoisotopic (exact) mass is 343 g/mol. The molecule has 1 aliphatic rings. The summed E-state index contributed by atoms with van der Waals surface area (Å²) in [7, 11) is -3.50. The van der Waals surface area contributed by atoms with Gasteiger partial charge in [-0.1, -0.05) is 30.3 Å². The van der Waals surface area contributed by atoms with Gasteiger partial charge in [0.25, 0.3) is 0 Å². The summed E-state index contributed by atoms with van der Waals surface area (Å²) in [6.45, 7) is 1.64. The fourth-order valence-corrected chi connectivity index (χ4v) is 4.25. The lowest BCUT2D eigenvalue weighted by atomic mass is 10.2. The molecule has 0 atom stereocenters. The Balaban J connectivity index is 1.73. The van der Waals surface area contributed by atoms with Crippen molar-refractivity contribution in [3.63, 3.8) is 0 Å². The first-order valence-corrected chi connectivity index (χ1v) is 9.22. The summed E-state index contributed by atoms with van der Waals surface area (Å²) < 4.78 is 32.2. The maximum atomic E-state index is 12.7. The van der Waals surface area contributed by atoms with Gasteiger partial charge in [-0.05, 0) is 18.2 Å². The molecule has 24 heavy (non-hydrogen) atoms. The molecule has 7 heteroatoms. The maximum Gasteiger partial charge on any atom is 0.243 e. The van der Waals surface area contributed by atoms with Crippen molar-refractivity contribution in [2.75, 3.05) is 26.3 Å². The molecule has 3 aromatic rings. The maximum absolute atomic E-state index is 12.7. The molecular weight excluding hydrogens is 326 g/mol. The molecular formula is C17H17N3O3S. The van der Waals surface area contributed by atoms with Crippen LogP contribution < -0.4 is 0 Å². The largest absolute Gasteiger partial charge is 0.379 e. The third-order valence-corrected chi connectivity index (χ3v) is 6.00. The number of morpholine rings is 1. The number of aromatic nitrogens is 2. The first kappa shape index (κ1) is 15.3. The highest BCUT2D eigenvalue weighted by Crippen LogP contribution is 2.24. The van der Waals surface area contributed by atoms with Gasteiger partial charge in [-0.15, -0.1) is 0 Å². The van der Waals surface area contributed by atoms with Crippen LogP contribution in [-0.4, -0.2) is 49.0 Å². The van der Waals surface area contributed by atoms with Crippen LogP contribution in [0.25, 0.3) is 22.4 Å². The zero-order valence-corrected chi connectivity index (χ0v) is 13.8. The SMILES string of the molecule is O=S(=O)(c1ccc2nc(-c3ccccc3)[nH]c2c1)N1CCOCC1. The Bertz CT molecular complexity index is 961. The lowest BCUT2D eigenvalue weighted by Gasteiger charge is -2.25. The van der Waals surface area contributed by atoms with E-state index in [4.69, 9.17) is 4.74 Å². The van der Waals surface area contributed by atoms with Gasteiger partial charge in [0.1, 0.15) is 5.82 Å². The summed E-state index contributed by atoms with van der Waals surface area (Å²) in [5, 5.41) is 0. The number of benzene rings is 2. The van der Waals surface area contributed by atoms with E-state index in [0.717, 1.165) is 16.9 Å². The van der Waals surface area contributed by atoms with Gasteiger partial charge in [0, 0.05) is 18.7 Å². The van der Waals surface area contributed by atoms with E-state index in [1.54, 1.807) is 18.2 Å². The summed E-state index contributed by atoms with van der Waals surface area (Å²) in [6, 6.07) is 14.8. The number of hydrogen-bond donors (Lipinski definition) is 1. The average molecular weight is 343 g/mol. The topological polar surface area (TPSA) is 75.3 Å². The van der Waals surface area contributed by atoms with Crippen molar-refractivity contribution >= 4 is 21.1 Å². The van der Waals surface area contributed by atoms with Crippen LogP contribution >= 0.6 is 0 Å². The first-order chi connectivity index (χ1) is 11.6. The molecule has 124 valence electrons. The van der Waals surface area contributed by atoms with Gasteiger partial charge in [0.05, 0.1) is 29.1 Å². The Morgan fingerprint density at radius 2 is 1.79 bits per heavy atom. The van der Waals surface area contributed by atoms with E-state index in [2.05, 4.69) is 9.97 Å². The second-order valence-corrected chi connectivity index (χ2v) is 7.58. The minimum atomic E-state index is -3.50. The molecule has 4 rings (SSSR count). The molecule has 0 amide bonds. The third kappa shape index (κ3) is 2.71. The van der Waals surface area contributed by atoms with Crippen LogP contribution in [0.2, 0.25) is 0 Å². The summed E-state index contributed by atoms with van der Waals surface area (Å²) >= 11 is 0. The molecule has 2 aromatic carbocycles. The van der Waals surface area contributed by atoms with Crippen LogP contribution in [-0.2, 0) is 14.8 Å². The quantitative estimate of drug-likeness (QED) is 0.791. The van der Waals surface area contributed by atoms with Crippen molar-refractivity contribution in [2.24, 2.45) is 0 Å². The molecule has 0 bridgehead atoms. The first-order valence-electron chi connectivity index (χ1n) is 7.78. The van der Waals surface area contributed by atoms with Gasteiger partial charge < -0.3 is 9.72 Å². The standard InChI is InChI=1S/C17H17N3O3S/c21-24(22,20-8-10-23-11-9-20)14-6-7-15-16(12-14)19-17(18-15)13-4-2-1-3-5-13/h1-7,12H,8-11H2,(H,18,19). The molecule has 1 N–H and O–H groups in total. The van der Waals surface area contributed by atoms with Crippen LogP contribution in [0.15, 0.2) is 53.4 Å². The zero-order valence-electron chi connectivity index (χ0n) is 13.0. The smallest absolute Gasteiger partial charge is 0.243 e. The molecule has 0 aliphatic carbocycles. The summed E-state index contributed by atoms with van der Waals surface area (Å²) in [4.78, 5) is 8.02. The Morgan fingerprint density at radius 1 is 1.04 bits per heavy atom. The highest BCUT2D eigenvalue weighted by molar-refractivity contribution is 7.89. The van der Waals surface area contributed by atoms with Crippen LogP contribution in [0.4, 0.5) is 0 Å². The molecule has 0 spiro atoms. The predicted octanol–water partition coefficient (Wildman–Crippen LogP) is 2.25. The van der Waals surface area contributed by atoms with Crippen molar-refractivity contribution in [3.8, 4) is 11.4 Å². The third-order valence-electron chi connectivity index (χ3n) is 4.11. The van der Waals surface area contributed by atoms with Gasteiger partial charge in [0.15, 0.2) is 0 Å². The zero-order chi connectivity index (χ0) is 16.6. The Labute approximate surface area is 140 Å². The number of H-pyrrole nitrogens is 1. The fraction of sp³-hybridized carbons (Fsp3) is 0.235. The number of sulfonamides is 1. The van der Waals surface area contributed by atoms with Gasteiger partial charge in [0.2, 0.25) is 10.0 Å². The van der Waals surface area contributed by atoms with E-state index in [1.807, 2.05) is 30.3 Å². The lowest BCUT2D eigenvalue weighted by Crippen LogP contribution is -2.40. The van der Waals surface area contributed by atoms with Gasteiger partial charge in [-0.3, -0.25) is 0 Å². The van der Waals surface area contributed by atoms with Gasteiger partial charge in [-0.25, -0.2) is 13.4 Å². The van der Waals surface area contributed by atoms with E-state index in [9.17, 15) is 8.42 Å². The van der Waals surface area contributed by atoms with Gasteiger partial charge in [-0.2, -0.15) is 4.31 Å². The van der Waals surface area contributed by atoms with Crippen molar-refractivity contribution < 1.29 is 13.2 Å². The van der Waals surface area contributed by atoms with E-state index in [-0.39, 0.29) is 4.90 Å². The summed E-state index contributed by atoms with van der Waals surface area (Å²) in [6.07, 6.45) is 0. The fourth-order valence-electron chi connectivity index (χ4n) is 2.82. The van der Waals surface area contributed by atoms with Crippen LogP contribution in [0, 0.1) is 0 Å². The summed E-state index contributed by atoms with van der Waals surface area (Å²) in [5.74, 6) is 0.728. The number of imidazole rings is 1. The Kier molecular flexibility index (Phi) is 3.84. The number of nitrogens with one attached hydrogen (secondary N) is 1. The van der Waals surface area contributed by atoms with Gasteiger partial charge >= 0.3 is 0 Å². The molecule has 0 radical (unpaired) electrons. The van der Waals surface area contributed by atoms with Crippen molar-refractivity contribution in [2.45, 2.75) is 4.90 Å². The number of hydrogen-bond acceptors (Lipinski definition) is 4. The Hall–Kier alpha value is -2.22. The molecule has 1 fully saturated rings. The van der Waals surface area contributed by atoms with Crippen LogP contribution in [0.5, 0.6) is 0 Å². The normalized spacial score (nSPS) is 16.5. The molecule has 1 aliphatic heterocycles. The highest BCUT2D eigenvalue weighted by atomic mass is 32.2. The van der Waals surface area contributed by atoms with E-state index < -0.39 is 10.0 Å². The highest BCUT2D eigenvalue weighted by Gasteiger charge is 2.26. The number of rotatable bonds is 3. The molecule has 0 unspecified atom stereocenters. The summed E-state index contributed by atoms with van der Waals surface area (Å²) in [5.41, 5.74) is 2.42. The molecule has 2 heterocycles. The minimum Gasteiger partial charge on any atom is -0.379 e. The minimum absolute atomic E-state index is 0.278. The van der Waals surface area contributed by atoms with Crippen molar-refractivity contribution in [1.82, 2.24) is 14.3 Å². The van der Waals surface area contributed by atoms with Crippen LogP contribution in [0.3, 0.4) is 0 Å². The molecule has 1 saturated heterocycles. The number of ether oxygens (including phenoxy) is 1. The molecule has 0 saturated carbocycles. The molecule has 1 aromatic heterocycles. The average Bonchev–Trinajstić information content (AvgIpc) is 3.06.